The van der Waals surface area contributed by atoms with Gasteiger partial charge in [-0.3, -0.25) is 14.4 Å². The fraction of sp³-hybridized carbons (Fsp3) is 0.364. The largest absolute Gasteiger partial charge is 0.573 e. The fourth-order valence-corrected chi connectivity index (χ4v) is 5.16. The lowest BCUT2D eigenvalue weighted by atomic mass is 9.88. The summed E-state index contributed by atoms with van der Waals surface area (Å²) in [5, 5.41) is 16.5. The van der Waals surface area contributed by atoms with Crippen LogP contribution in [0.5, 0.6) is 5.75 Å². The van der Waals surface area contributed by atoms with Gasteiger partial charge < -0.3 is 25.4 Å². The van der Waals surface area contributed by atoms with Gasteiger partial charge in [0.15, 0.2) is 5.78 Å². The monoisotopic (exact) mass is 629 g/mol. The highest BCUT2D eigenvalue weighted by atomic mass is 19.4. The normalized spacial score (nSPS) is 16.1. The van der Waals surface area contributed by atoms with Gasteiger partial charge in [0, 0.05) is 29.9 Å². The summed E-state index contributed by atoms with van der Waals surface area (Å²) in [6, 6.07) is 16.5. The topological polar surface area (TPSA) is 108 Å². The van der Waals surface area contributed by atoms with Gasteiger partial charge in [-0.25, -0.2) is 4.39 Å². The zero-order chi connectivity index (χ0) is 32.9. The van der Waals surface area contributed by atoms with Crippen LogP contribution in [0, 0.1) is 11.7 Å². The minimum Gasteiger partial charge on any atom is -0.406 e. The molecule has 2 amide bonds. The predicted molar refractivity (Wildman–Crippen MR) is 159 cm³/mol. The van der Waals surface area contributed by atoms with Crippen molar-refractivity contribution in [1.82, 2.24) is 10.2 Å². The maximum atomic E-state index is 14.4. The number of nitrogens with one attached hydrogen (secondary N) is 2. The highest BCUT2D eigenvalue weighted by molar-refractivity contribution is 6.00. The number of carbonyl (C=O) groups excluding carboxylic acids is 3. The minimum atomic E-state index is -5.02. The Kier molecular flexibility index (Phi) is 10.2. The number of amides is 2. The number of aliphatic hydroxyl groups excluding tert-OH is 1. The van der Waals surface area contributed by atoms with E-state index in [1.807, 2.05) is 6.92 Å². The lowest BCUT2D eigenvalue weighted by Gasteiger charge is -2.42. The Morgan fingerprint density at radius 1 is 0.956 bits per heavy atom. The van der Waals surface area contributed by atoms with E-state index in [2.05, 4.69) is 15.4 Å². The third kappa shape index (κ3) is 8.59. The highest BCUT2D eigenvalue weighted by Gasteiger charge is 2.36. The number of likely N-dealkylation sites (tertiary alicyclic amines) is 1. The van der Waals surface area contributed by atoms with Crippen LogP contribution in [0.25, 0.3) is 0 Å². The standard InChI is InChI=1S/C33H35F4N3O5/c1-20(2)27(38-30(43)25-19-24(13-14-26(25)34)45-33(35,36)37)31(44)40-17-15-32(3,16-18-40)39-23-11-9-22(10-12-23)29(42)28(41)21-7-5-4-6-8-21/h4-14,19-20,27,29,39,42H,15-18H2,1-3H3,(H,38,43)/t27?,29-/m1/s1. The van der Waals surface area contributed by atoms with Crippen molar-refractivity contribution in [1.29, 1.82) is 0 Å². The molecule has 1 fully saturated rings. The average molecular weight is 630 g/mol. The van der Waals surface area contributed by atoms with Crippen LogP contribution in [-0.2, 0) is 4.79 Å². The van der Waals surface area contributed by atoms with Gasteiger partial charge in [-0.15, -0.1) is 13.2 Å². The van der Waals surface area contributed by atoms with Crippen LogP contribution in [0.15, 0.2) is 72.8 Å². The Labute approximate surface area is 258 Å². The number of Topliss-reactive ketones (excluding diaryl/α,β-unsaturated/α-hetero) is 1. The van der Waals surface area contributed by atoms with E-state index < -0.39 is 58.8 Å². The number of benzene rings is 3. The number of anilines is 1. The van der Waals surface area contributed by atoms with Crippen molar-refractivity contribution in [2.45, 2.75) is 57.7 Å². The molecule has 0 aliphatic carbocycles. The van der Waals surface area contributed by atoms with Gasteiger partial charge in [0.1, 0.15) is 23.7 Å². The molecule has 1 heterocycles. The minimum absolute atomic E-state index is 0.354. The molecule has 45 heavy (non-hydrogen) atoms. The summed E-state index contributed by atoms with van der Waals surface area (Å²) in [4.78, 5) is 40.5. The summed E-state index contributed by atoms with van der Waals surface area (Å²) in [6.45, 7) is 6.12. The Morgan fingerprint density at radius 2 is 1.58 bits per heavy atom. The molecule has 0 aromatic heterocycles. The number of piperidine rings is 1. The van der Waals surface area contributed by atoms with Crippen molar-refractivity contribution in [3.05, 3.63) is 95.3 Å². The first-order valence-corrected chi connectivity index (χ1v) is 14.5. The van der Waals surface area contributed by atoms with E-state index in [-0.39, 0.29) is 5.91 Å². The molecule has 3 N–H and O–H groups in total. The Hall–Kier alpha value is -4.45. The number of alkyl halides is 3. The number of carbonyl (C=O) groups is 3. The predicted octanol–water partition coefficient (Wildman–Crippen LogP) is 5.89. The van der Waals surface area contributed by atoms with E-state index in [4.69, 9.17) is 0 Å². The second-order valence-electron chi connectivity index (χ2n) is 11.7. The molecule has 0 spiro atoms. The second kappa shape index (κ2) is 13.7. The van der Waals surface area contributed by atoms with Crippen molar-refractivity contribution >= 4 is 23.3 Å². The first-order chi connectivity index (χ1) is 21.2. The van der Waals surface area contributed by atoms with E-state index in [1.54, 1.807) is 73.3 Å². The summed E-state index contributed by atoms with van der Waals surface area (Å²) >= 11 is 0. The van der Waals surface area contributed by atoms with Gasteiger partial charge in [-0.05, 0) is 61.6 Å². The third-order valence-corrected chi connectivity index (χ3v) is 7.79. The molecule has 3 aromatic rings. The van der Waals surface area contributed by atoms with Crippen molar-refractivity contribution in [2.24, 2.45) is 5.92 Å². The molecule has 0 bridgehead atoms. The molecule has 1 aliphatic rings. The molecule has 4 rings (SSSR count). The van der Waals surface area contributed by atoms with Crippen LogP contribution in [0.1, 0.15) is 66.0 Å². The molecule has 1 aliphatic heterocycles. The summed E-state index contributed by atoms with van der Waals surface area (Å²) in [5.74, 6) is -4.02. The molecule has 8 nitrogen and oxygen atoms in total. The van der Waals surface area contributed by atoms with Crippen LogP contribution < -0.4 is 15.4 Å². The van der Waals surface area contributed by atoms with E-state index in [1.165, 1.54) is 0 Å². The van der Waals surface area contributed by atoms with Crippen molar-refractivity contribution in [3.8, 4) is 5.75 Å². The number of ketones is 1. The quantitative estimate of drug-likeness (QED) is 0.191. The number of ether oxygens (including phenoxy) is 1. The van der Waals surface area contributed by atoms with Crippen molar-refractivity contribution < 1.29 is 41.8 Å². The van der Waals surface area contributed by atoms with Crippen LogP contribution >= 0.6 is 0 Å². The molecule has 3 aromatic carbocycles. The van der Waals surface area contributed by atoms with Crippen LogP contribution in [0.3, 0.4) is 0 Å². The van der Waals surface area contributed by atoms with Crippen LogP contribution in [0.2, 0.25) is 0 Å². The molecular weight excluding hydrogens is 594 g/mol. The van der Waals surface area contributed by atoms with E-state index in [9.17, 15) is 37.1 Å². The van der Waals surface area contributed by atoms with Crippen molar-refractivity contribution in [2.75, 3.05) is 18.4 Å². The van der Waals surface area contributed by atoms with Crippen LogP contribution in [0.4, 0.5) is 23.2 Å². The third-order valence-electron chi connectivity index (χ3n) is 7.79. The van der Waals surface area contributed by atoms with E-state index in [0.717, 1.165) is 11.8 Å². The number of hydrogen-bond acceptors (Lipinski definition) is 6. The van der Waals surface area contributed by atoms with E-state index in [0.29, 0.717) is 49.2 Å². The summed E-state index contributed by atoms with van der Waals surface area (Å²) < 4.78 is 56.0. The zero-order valence-electron chi connectivity index (χ0n) is 25.0. The number of nitrogens with zero attached hydrogens (tertiary/aromatic N) is 1. The van der Waals surface area contributed by atoms with Crippen LogP contribution in [-0.4, -0.2) is 58.6 Å². The van der Waals surface area contributed by atoms with Gasteiger partial charge in [0.05, 0.1) is 5.56 Å². The fourth-order valence-electron chi connectivity index (χ4n) is 5.16. The summed E-state index contributed by atoms with van der Waals surface area (Å²) in [5.41, 5.74) is 0.577. The summed E-state index contributed by atoms with van der Waals surface area (Å²) in [7, 11) is 0. The summed E-state index contributed by atoms with van der Waals surface area (Å²) in [6.07, 6.45) is -5.21. The SMILES string of the molecule is CC(C)C(NC(=O)c1cc(OC(F)(F)F)ccc1F)C(=O)N1CCC(C)(Nc2ccc([C@@H](O)C(=O)c3ccccc3)cc2)CC1. The van der Waals surface area contributed by atoms with Gasteiger partial charge in [-0.1, -0.05) is 56.3 Å². The Bertz CT molecular complexity index is 1500. The van der Waals surface area contributed by atoms with Gasteiger partial charge in [0.2, 0.25) is 5.91 Å². The molecule has 2 atom stereocenters. The molecular formula is C33H35F4N3O5. The Balaban J connectivity index is 1.35. The first kappa shape index (κ1) is 33.4. The lowest BCUT2D eigenvalue weighted by molar-refractivity contribution is -0.274. The van der Waals surface area contributed by atoms with Crippen molar-refractivity contribution in [3.63, 3.8) is 0 Å². The molecule has 240 valence electrons. The average Bonchev–Trinajstić information content (AvgIpc) is 3.00. The number of hydrogen-bond donors (Lipinski definition) is 3. The zero-order valence-corrected chi connectivity index (χ0v) is 25.0. The second-order valence-corrected chi connectivity index (χ2v) is 11.7. The first-order valence-electron chi connectivity index (χ1n) is 14.5. The number of aliphatic hydroxyl groups is 1. The highest BCUT2D eigenvalue weighted by Crippen LogP contribution is 2.29. The smallest absolute Gasteiger partial charge is 0.406 e. The van der Waals surface area contributed by atoms with Gasteiger partial charge in [0.25, 0.3) is 5.91 Å². The lowest BCUT2D eigenvalue weighted by Crippen LogP contribution is -2.56. The number of halogens is 4. The molecule has 0 saturated carbocycles. The molecule has 12 heteroatoms. The van der Waals surface area contributed by atoms with Gasteiger partial charge in [-0.2, -0.15) is 0 Å². The number of rotatable bonds is 10. The maximum Gasteiger partial charge on any atom is 0.573 e. The molecule has 0 radical (unpaired) electrons. The molecule has 1 unspecified atom stereocenters. The molecule has 1 saturated heterocycles. The van der Waals surface area contributed by atoms with E-state index >= 15 is 0 Å². The Morgan fingerprint density at radius 3 is 2.16 bits per heavy atom. The maximum absolute atomic E-state index is 14.4. The van der Waals surface area contributed by atoms with Gasteiger partial charge >= 0.3 is 6.36 Å².